The molecule has 1 heterocycles. The van der Waals surface area contributed by atoms with Crippen LogP contribution in [0.5, 0.6) is 0 Å². The van der Waals surface area contributed by atoms with Gasteiger partial charge in [0.05, 0.1) is 5.60 Å². The van der Waals surface area contributed by atoms with Gasteiger partial charge in [-0.3, -0.25) is 0 Å². The molecule has 0 aromatic carbocycles. The summed E-state index contributed by atoms with van der Waals surface area (Å²) < 4.78 is 0. The minimum Gasteiger partial charge on any atom is -0.389 e. The highest BCUT2D eigenvalue weighted by Gasteiger charge is 2.33. The van der Waals surface area contributed by atoms with Crippen molar-refractivity contribution >= 4 is 11.3 Å². The average Bonchev–Trinajstić information content (AvgIpc) is 2.64. The summed E-state index contributed by atoms with van der Waals surface area (Å²) in [6.45, 7) is 2.17. The summed E-state index contributed by atoms with van der Waals surface area (Å²) in [5, 5.41) is 10.5. The van der Waals surface area contributed by atoms with Crippen LogP contribution in [0.15, 0.2) is 12.1 Å². The summed E-state index contributed by atoms with van der Waals surface area (Å²) in [6, 6.07) is 4.51. The van der Waals surface area contributed by atoms with E-state index in [4.69, 9.17) is 5.73 Å². The fraction of sp³-hybridized carbons (Fsp3) is 0.692. The topological polar surface area (TPSA) is 46.2 Å². The third-order valence-corrected chi connectivity index (χ3v) is 4.66. The molecule has 90 valence electrons. The quantitative estimate of drug-likeness (QED) is 0.851. The van der Waals surface area contributed by atoms with E-state index >= 15 is 0 Å². The van der Waals surface area contributed by atoms with Crippen LogP contribution in [0.2, 0.25) is 0 Å². The SMILES string of the molecule is CCc1ccc(CC2(O)CCCC(N)C2)s1. The van der Waals surface area contributed by atoms with Crippen molar-refractivity contribution in [3.8, 4) is 0 Å². The van der Waals surface area contributed by atoms with Crippen LogP contribution in [0.4, 0.5) is 0 Å². The predicted octanol–water partition coefficient (Wildman–Crippen LogP) is 2.49. The lowest BCUT2D eigenvalue weighted by atomic mass is 9.80. The molecule has 2 rings (SSSR count). The van der Waals surface area contributed by atoms with Crippen LogP contribution < -0.4 is 5.73 Å². The number of rotatable bonds is 3. The first-order valence-electron chi connectivity index (χ1n) is 6.17. The molecule has 3 N–H and O–H groups in total. The zero-order valence-electron chi connectivity index (χ0n) is 9.91. The minimum atomic E-state index is -0.548. The molecule has 0 bridgehead atoms. The minimum absolute atomic E-state index is 0.185. The Morgan fingerprint density at radius 1 is 1.50 bits per heavy atom. The summed E-state index contributed by atoms with van der Waals surface area (Å²) in [6.07, 6.45) is 5.65. The van der Waals surface area contributed by atoms with E-state index in [-0.39, 0.29) is 6.04 Å². The molecule has 0 saturated heterocycles. The van der Waals surface area contributed by atoms with Gasteiger partial charge in [-0.05, 0) is 44.2 Å². The lowest BCUT2D eigenvalue weighted by molar-refractivity contribution is -0.00123. The van der Waals surface area contributed by atoms with Crippen LogP contribution in [0, 0.1) is 0 Å². The zero-order chi connectivity index (χ0) is 11.6. The van der Waals surface area contributed by atoms with Crippen LogP contribution in [0.25, 0.3) is 0 Å². The number of aryl methyl sites for hydroxylation is 1. The van der Waals surface area contributed by atoms with Crippen LogP contribution in [0.1, 0.15) is 42.4 Å². The summed E-state index contributed by atoms with van der Waals surface area (Å²) >= 11 is 1.83. The third kappa shape index (κ3) is 2.84. The lowest BCUT2D eigenvalue weighted by Crippen LogP contribution is -2.42. The molecule has 1 aromatic heterocycles. The van der Waals surface area contributed by atoms with Gasteiger partial charge in [0.2, 0.25) is 0 Å². The van der Waals surface area contributed by atoms with E-state index in [2.05, 4.69) is 19.1 Å². The molecule has 3 heteroatoms. The van der Waals surface area contributed by atoms with E-state index in [9.17, 15) is 5.11 Å². The summed E-state index contributed by atoms with van der Waals surface area (Å²) in [5.41, 5.74) is 5.39. The van der Waals surface area contributed by atoms with Gasteiger partial charge in [-0.15, -0.1) is 11.3 Å². The van der Waals surface area contributed by atoms with Gasteiger partial charge in [0.1, 0.15) is 0 Å². The maximum absolute atomic E-state index is 10.5. The van der Waals surface area contributed by atoms with Crippen molar-refractivity contribution in [3.63, 3.8) is 0 Å². The maximum atomic E-state index is 10.5. The number of nitrogens with two attached hydrogens (primary N) is 1. The highest BCUT2D eigenvalue weighted by molar-refractivity contribution is 7.12. The van der Waals surface area contributed by atoms with E-state index in [1.807, 2.05) is 11.3 Å². The molecular weight excluding hydrogens is 218 g/mol. The molecule has 2 unspecified atom stereocenters. The Balaban J connectivity index is 2.02. The van der Waals surface area contributed by atoms with E-state index in [0.717, 1.165) is 38.5 Å². The molecule has 1 fully saturated rings. The molecular formula is C13H21NOS. The maximum Gasteiger partial charge on any atom is 0.0710 e. The van der Waals surface area contributed by atoms with E-state index in [1.165, 1.54) is 9.75 Å². The number of aliphatic hydroxyl groups is 1. The van der Waals surface area contributed by atoms with Gasteiger partial charge in [-0.2, -0.15) is 0 Å². The molecule has 0 aliphatic heterocycles. The zero-order valence-corrected chi connectivity index (χ0v) is 10.7. The molecule has 1 aliphatic rings. The normalized spacial score (nSPS) is 30.6. The molecule has 1 saturated carbocycles. The van der Waals surface area contributed by atoms with Crippen LogP contribution in [-0.2, 0) is 12.8 Å². The lowest BCUT2D eigenvalue weighted by Gasteiger charge is -2.35. The van der Waals surface area contributed by atoms with Crippen molar-refractivity contribution in [3.05, 3.63) is 21.9 Å². The van der Waals surface area contributed by atoms with E-state index in [1.54, 1.807) is 0 Å². The summed E-state index contributed by atoms with van der Waals surface area (Å²) in [4.78, 5) is 2.70. The van der Waals surface area contributed by atoms with Crippen molar-refractivity contribution < 1.29 is 5.11 Å². The van der Waals surface area contributed by atoms with Crippen molar-refractivity contribution in [1.82, 2.24) is 0 Å². The second-order valence-corrected chi connectivity index (χ2v) is 6.23. The van der Waals surface area contributed by atoms with Gasteiger partial charge >= 0.3 is 0 Å². The standard InChI is InChI=1S/C13H21NOS/c1-2-11-5-6-12(16-11)9-13(15)7-3-4-10(14)8-13/h5-6,10,15H,2-4,7-9,14H2,1H3. The van der Waals surface area contributed by atoms with Crippen molar-refractivity contribution in [1.29, 1.82) is 0 Å². The Labute approximate surface area is 101 Å². The molecule has 1 aliphatic carbocycles. The fourth-order valence-corrected chi connectivity index (χ4v) is 3.67. The molecule has 2 nitrogen and oxygen atoms in total. The van der Waals surface area contributed by atoms with Crippen LogP contribution in [-0.4, -0.2) is 16.7 Å². The smallest absolute Gasteiger partial charge is 0.0710 e. The second-order valence-electron chi connectivity index (χ2n) is 4.98. The highest BCUT2D eigenvalue weighted by Crippen LogP contribution is 2.32. The Hall–Kier alpha value is -0.380. The first-order valence-corrected chi connectivity index (χ1v) is 6.98. The van der Waals surface area contributed by atoms with E-state index < -0.39 is 5.60 Å². The van der Waals surface area contributed by atoms with Crippen molar-refractivity contribution in [2.24, 2.45) is 5.73 Å². The van der Waals surface area contributed by atoms with Gasteiger partial charge in [-0.1, -0.05) is 6.92 Å². The van der Waals surface area contributed by atoms with Gasteiger partial charge in [0, 0.05) is 22.2 Å². The van der Waals surface area contributed by atoms with E-state index in [0.29, 0.717) is 0 Å². The molecule has 2 atom stereocenters. The highest BCUT2D eigenvalue weighted by atomic mass is 32.1. The molecule has 16 heavy (non-hydrogen) atoms. The number of hydrogen-bond acceptors (Lipinski definition) is 3. The van der Waals surface area contributed by atoms with Crippen molar-refractivity contribution in [2.45, 2.75) is 57.1 Å². The number of hydrogen-bond donors (Lipinski definition) is 2. The van der Waals surface area contributed by atoms with Gasteiger partial charge in [-0.25, -0.2) is 0 Å². The molecule has 0 radical (unpaired) electrons. The predicted molar refractivity (Wildman–Crippen MR) is 68.8 cm³/mol. The monoisotopic (exact) mass is 239 g/mol. The number of thiophene rings is 1. The third-order valence-electron chi connectivity index (χ3n) is 3.43. The van der Waals surface area contributed by atoms with Crippen molar-refractivity contribution in [2.75, 3.05) is 0 Å². The molecule has 1 aromatic rings. The van der Waals surface area contributed by atoms with Crippen LogP contribution >= 0.6 is 11.3 Å². The van der Waals surface area contributed by atoms with Gasteiger partial charge in [0.15, 0.2) is 0 Å². The molecule has 0 spiro atoms. The van der Waals surface area contributed by atoms with Gasteiger partial charge < -0.3 is 10.8 Å². The fourth-order valence-electron chi connectivity index (χ4n) is 2.58. The Kier molecular flexibility index (Phi) is 3.67. The first-order chi connectivity index (χ1) is 7.61. The van der Waals surface area contributed by atoms with Crippen LogP contribution in [0.3, 0.4) is 0 Å². The Morgan fingerprint density at radius 2 is 2.25 bits per heavy atom. The summed E-state index contributed by atoms with van der Waals surface area (Å²) in [7, 11) is 0. The summed E-state index contributed by atoms with van der Waals surface area (Å²) in [5.74, 6) is 0. The Morgan fingerprint density at radius 3 is 2.88 bits per heavy atom. The molecule has 0 amide bonds. The van der Waals surface area contributed by atoms with Gasteiger partial charge in [0.25, 0.3) is 0 Å². The average molecular weight is 239 g/mol. The second kappa shape index (κ2) is 4.86. The first kappa shape index (κ1) is 12.1. The Bertz CT molecular complexity index is 349. The largest absolute Gasteiger partial charge is 0.389 e.